The average Bonchev–Trinajstić information content (AvgIpc) is 3.27. The van der Waals surface area contributed by atoms with E-state index in [0.717, 1.165) is 25.6 Å². The molecule has 0 bridgehead atoms. The predicted molar refractivity (Wildman–Crippen MR) is 139 cm³/mol. The number of ketones is 1. The van der Waals surface area contributed by atoms with E-state index in [-0.39, 0.29) is 5.78 Å². The van der Waals surface area contributed by atoms with Crippen LogP contribution in [0, 0.1) is 0 Å². The van der Waals surface area contributed by atoms with E-state index in [2.05, 4.69) is 11.9 Å². The largest absolute Gasteiger partial charge is 0.516 e. The molecule has 0 atom stereocenters. The molecule has 1 aliphatic heterocycles. The molecular formula is C28H52N2O2. The van der Waals surface area contributed by atoms with Crippen molar-refractivity contribution >= 4 is 11.6 Å². The number of hydrogen-bond acceptors (Lipinski definition) is 4. The summed E-state index contributed by atoms with van der Waals surface area (Å²) < 4.78 is 0. The Kier molecular flexibility index (Phi) is 19.3. The fourth-order valence-electron chi connectivity index (χ4n) is 4.57. The van der Waals surface area contributed by atoms with Crippen LogP contribution in [-0.2, 0) is 4.79 Å². The first-order valence-corrected chi connectivity index (χ1v) is 13.9. The van der Waals surface area contributed by atoms with Crippen LogP contribution >= 0.6 is 0 Å². The van der Waals surface area contributed by atoms with Crippen LogP contribution < -0.4 is 0 Å². The molecule has 0 spiro atoms. The summed E-state index contributed by atoms with van der Waals surface area (Å²) in [5, 5.41) is 8.80. The van der Waals surface area contributed by atoms with Gasteiger partial charge < -0.3 is 10.0 Å². The van der Waals surface area contributed by atoms with Crippen molar-refractivity contribution in [2.24, 2.45) is 4.99 Å². The molecular weight excluding hydrogens is 396 g/mol. The summed E-state index contributed by atoms with van der Waals surface area (Å²) in [5.41, 5.74) is 0. The monoisotopic (exact) mass is 448 g/mol. The van der Waals surface area contributed by atoms with Gasteiger partial charge in [-0.2, -0.15) is 0 Å². The molecule has 0 aromatic rings. The zero-order valence-electron chi connectivity index (χ0n) is 21.2. The molecule has 0 amide bonds. The number of rotatable bonds is 23. The van der Waals surface area contributed by atoms with Crippen LogP contribution in [0.2, 0.25) is 0 Å². The number of aliphatic imine (C=N–C) groups is 1. The van der Waals surface area contributed by atoms with Gasteiger partial charge in [-0.05, 0) is 12.5 Å². The Morgan fingerprint density at radius 3 is 1.66 bits per heavy atom. The van der Waals surface area contributed by atoms with Gasteiger partial charge >= 0.3 is 0 Å². The van der Waals surface area contributed by atoms with Crippen molar-refractivity contribution in [1.82, 2.24) is 4.90 Å². The summed E-state index contributed by atoms with van der Waals surface area (Å²) in [4.78, 5) is 18.7. The third kappa shape index (κ3) is 15.5. The van der Waals surface area contributed by atoms with Gasteiger partial charge in [-0.1, -0.05) is 122 Å². The maximum atomic E-state index is 12.3. The fourth-order valence-corrected chi connectivity index (χ4v) is 4.57. The molecule has 0 saturated heterocycles. The predicted octanol–water partition coefficient (Wildman–Crippen LogP) is 8.16. The number of aliphatic hydroxyl groups excluding tert-OH is 1. The van der Waals surface area contributed by atoms with Crippen molar-refractivity contribution in [3.63, 3.8) is 0 Å². The van der Waals surface area contributed by atoms with Crippen LogP contribution in [0.5, 0.6) is 0 Å². The van der Waals surface area contributed by atoms with Crippen LogP contribution in [0.25, 0.3) is 0 Å². The van der Waals surface area contributed by atoms with Crippen molar-refractivity contribution in [2.75, 3.05) is 19.6 Å². The first kappa shape index (κ1) is 28.7. The van der Waals surface area contributed by atoms with E-state index in [4.69, 9.17) is 5.11 Å². The summed E-state index contributed by atoms with van der Waals surface area (Å²) in [5.74, 6) is 0.784. The van der Waals surface area contributed by atoms with Crippen molar-refractivity contribution in [3.05, 3.63) is 12.3 Å². The van der Waals surface area contributed by atoms with Gasteiger partial charge in [0.25, 0.3) is 0 Å². The van der Waals surface area contributed by atoms with E-state index in [1.807, 2.05) is 4.90 Å². The zero-order valence-corrected chi connectivity index (χ0v) is 21.2. The highest BCUT2D eigenvalue weighted by Gasteiger charge is 2.21. The Hall–Kier alpha value is -1.32. The van der Waals surface area contributed by atoms with Gasteiger partial charge in [0.2, 0.25) is 0 Å². The van der Waals surface area contributed by atoms with Gasteiger partial charge in [0.05, 0.1) is 12.8 Å². The van der Waals surface area contributed by atoms with Gasteiger partial charge in [-0.25, -0.2) is 0 Å². The van der Waals surface area contributed by atoms with E-state index in [1.54, 1.807) is 6.08 Å². The van der Waals surface area contributed by atoms with Crippen LogP contribution in [0.15, 0.2) is 17.3 Å². The molecule has 32 heavy (non-hydrogen) atoms. The Morgan fingerprint density at radius 1 is 0.781 bits per heavy atom. The Bertz CT molecular complexity index is 502. The number of amidine groups is 1. The lowest BCUT2D eigenvalue weighted by Gasteiger charge is -2.16. The normalized spacial score (nSPS) is 13.9. The highest BCUT2D eigenvalue weighted by atomic mass is 16.2. The average molecular weight is 449 g/mol. The number of aliphatic hydroxyl groups is 1. The summed E-state index contributed by atoms with van der Waals surface area (Å²) in [6.45, 7) is 4.33. The summed E-state index contributed by atoms with van der Waals surface area (Å²) >= 11 is 0. The molecule has 4 heteroatoms. The molecule has 0 radical (unpaired) electrons. The van der Waals surface area contributed by atoms with Crippen molar-refractivity contribution in [2.45, 2.75) is 135 Å². The number of nitrogens with zero attached hydrogens (tertiary/aromatic N) is 2. The van der Waals surface area contributed by atoms with E-state index in [1.165, 1.54) is 109 Å². The van der Waals surface area contributed by atoms with Gasteiger partial charge in [-0.15, -0.1) is 0 Å². The minimum absolute atomic E-state index is 0.167. The smallest absolute Gasteiger partial charge is 0.197 e. The standard InChI is InChI=1S/C28H52N2O2/c1-2-3-4-5-6-7-8-9-10-11-12-13-14-15-16-17-18-19-20-22-27(32)28-29-23-25-30(28)24-21-26-31/h21,26,31H,2-20,22-25H2,1H3. The minimum Gasteiger partial charge on any atom is -0.516 e. The van der Waals surface area contributed by atoms with Crippen LogP contribution in [0.3, 0.4) is 0 Å². The Labute approximate surface area is 199 Å². The SMILES string of the molecule is CCCCCCCCCCCCCCCCCCCCCC(=O)C1=NCCN1CC=CO. The van der Waals surface area contributed by atoms with E-state index in [9.17, 15) is 4.79 Å². The second kappa shape index (κ2) is 21.5. The lowest BCUT2D eigenvalue weighted by atomic mass is 10.0. The maximum absolute atomic E-state index is 12.3. The molecule has 1 rings (SSSR count). The molecule has 1 aliphatic rings. The summed E-state index contributed by atoms with van der Waals surface area (Å²) in [6, 6.07) is 0. The zero-order chi connectivity index (χ0) is 23.1. The number of carbonyl (C=O) groups is 1. The fraction of sp³-hybridized carbons (Fsp3) is 0.857. The van der Waals surface area contributed by atoms with Crippen LogP contribution in [-0.4, -0.2) is 41.3 Å². The van der Waals surface area contributed by atoms with Gasteiger partial charge in [0.15, 0.2) is 11.6 Å². The van der Waals surface area contributed by atoms with Gasteiger partial charge in [-0.3, -0.25) is 9.79 Å². The second-order valence-corrected chi connectivity index (χ2v) is 9.57. The summed E-state index contributed by atoms with van der Waals surface area (Å²) in [7, 11) is 0. The molecule has 0 fully saturated rings. The first-order chi connectivity index (χ1) is 15.8. The Balaban J connectivity index is 1.80. The van der Waals surface area contributed by atoms with Crippen LogP contribution in [0.4, 0.5) is 0 Å². The molecule has 1 N–H and O–H groups in total. The van der Waals surface area contributed by atoms with Crippen LogP contribution in [0.1, 0.15) is 135 Å². The molecule has 0 aliphatic carbocycles. The molecule has 4 nitrogen and oxygen atoms in total. The van der Waals surface area contributed by atoms with Crippen molar-refractivity contribution in [3.8, 4) is 0 Å². The summed E-state index contributed by atoms with van der Waals surface area (Å²) in [6.07, 6.45) is 29.3. The van der Waals surface area contributed by atoms with E-state index < -0.39 is 0 Å². The van der Waals surface area contributed by atoms with Crippen molar-refractivity contribution < 1.29 is 9.90 Å². The Morgan fingerprint density at radius 2 is 1.22 bits per heavy atom. The van der Waals surface area contributed by atoms with Crippen molar-refractivity contribution in [1.29, 1.82) is 0 Å². The molecule has 0 aromatic heterocycles. The number of Topliss-reactive ketones (excluding diaryl/α,β-unsaturated/α-hetero) is 1. The van der Waals surface area contributed by atoms with Gasteiger partial charge in [0.1, 0.15) is 0 Å². The van der Waals surface area contributed by atoms with E-state index in [0.29, 0.717) is 25.3 Å². The first-order valence-electron chi connectivity index (χ1n) is 13.9. The van der Waals surface area contributed by atoms with E-state index >= 15 is 0 Å². The third-order valence-corrected chi connectivity index (χ3v) is 6.62. The number of unbranched alkanes of at least 4 members (excludes halogenated alkanes) is 18. The highest BCUT2D eigenvalue weighted by Crippen LogP contribution is 2.15. The maximum Gasteiger partial charge on any atom is 0.197 e. The van der Waals surface area contributed by atoms with Gasteiger partial charge in [0, 0.05) is 19.5 Å². The molecule has 186 valence electrons. The molecule has 0 aromatic carbocycles. The third-order valence-electron chi connectivity index (χ3n) is 6.62. The number of carbonyl (C=O) groups excluding carboxylic acids is 1. The topological polar surface area (TPSA) is 52.9 Å². The number of hydrogen-bond donors (Lipinski definition) is 1. The highest BCUT2D eigenvalue weighted by molar-refractivity contribution is 6.39. The molecule has 1 heterocycles. The quantitative estimate of drug-likeness (QED) is 0.127. The molecule has 0 saturated carbocycles. The second-order valence-electron chi connectivity index (χ2n) is 9.57. The lowest BCUT2D eigenvalue weighted by Crippen LogP contribution is -2.33. The lowest BCUT2D eigenvalue weighted by molar-refractivity contribution is -0.113. The minimum atomic E-state index is 0.167. The molecule has 0 unspecified atom stereocenters.